The minimum absolute atomic E-state index is 0.0446. The molecule has 3 heterocycles. The van der Waals surface area contributed by atoms with Gasteiger partial charge in [-0.3, -0.25) is 4.57 Å². The lowest BCUT2D eigenvalue weighted by molar-refractivity contribution is -0.0534. The molecule has 0 radical (unpaired) electrons. The highest BCUT2D eigenvalue weighted by Gasteiger charge is 2.28. The Morgan fingerprint density at radius 1 is 1.06 bits per heavy atom. The van der Waals surface area contributed by atoms with Gasteiger partial charge in [-0.15, -0.1) is 0 Å². The molecule has 4 aromatic rings. The molecule has 186 valence electrons. The molecule has 0 atom stereocenters. The molecule has 0 amide bonds. The predicted molar refractivity (Wildman–Crippen MR) is 112 cm³/mol. The number of nitrogens with zero attached hydrogens (tertiary/aromatic N) is 5. The van der Waals surface area contributed by atoms with Gasteiger partial charge in [0.05, 0.1) is 25.4 Å². The van der Waals surface area contributed by atoms with Crippen LogP contribution in [-0.4, -0.2) is 53.6 Å². The maximum atomic E-state index is 14.0. The zero-order valence-electron chi connectivity index (χ0n) is 17.9. The number of ether oxygens (including phenoxy) is 3. The highest BCUT2D eigenvalue weighted by Crippen LogP contribution is 2.40. The van der Waals surface area contributed by atoms with Crippen LogP contribution in [0.5, 0.6) is 17.5 Å². The van der Waals surface area contributed by atoms with Crippen LogP contribution in [0, 0.1) is 0 Å². The molecule has 35 heavy (non-hydrogen) atoms. The number of sulfonamides is 1. The maximum Gasteiger partial charge on any atom is 0.387 e. The van der Waals surface area contributed by atoms with E-state index in [-0.39, 0.29) is 22.5 Å². The molecule has 0 unspecified atom stereocenters. The number of benzene rings is 1. The lowest BCUT2D eigenvalue weighted by Gasteiger charge is -2.16. The van der Waals surface area contributed by atoms with Gasteiger partial charge < -0.3 is 14.2 Å². The molecule has 0 aliphatic carbocycles. The van der Waals surface area contributed by atoms with Crippen molar-refractivity contribution in [2.24, 2.45) is 5.14 Å². The Labute approximate surface area is 194 Å². The SMILES string of the molecule is COc1nc(-n2cc(S(N)(=O)=O)c3ccc(C(F)F)c(-n4cccn4)c32)nc(OC)c1OC(F)F. The van der Waals surface area contributed by atoms with Gasteiger partial charge in [0.2, 0.25) is 21.7 Å². The number of hydrogen-bond acceptors (Lipinski definition) is 8. The highest BCUT2D eigenvalue weighted by molar-refractivity contribution is 7.89. The van der Waals surface area contributed by atoms with Crippen LogP contribution in [0.3, 0.4) is 0 Å². The summed E-state index contributed by atoms with van der Waals surface area (Å²) in [6.07, 6.45) is 0.730. The second kappa shape index (κ2) is 9.03. The Kier molecular flexibility index (Phi) is 6.25. The van der Waals surface area contributed by atoms with Crippen LogP contribution < -0.4 is 19.3 Å². The molecule has 0 fully saturated rings. The summed E-state index contributed by atoms with van der Waals surface area (Å²) in [5.41, 5.74) is -0.785. The topological polar surface area (TPSA) is 136 Å². The third kappa shape index (κ3) is 4.32. The molecule has 0 bridgehead atoms. The molecular weight excluding hydrogens is 500 g/mol. The number of aromatic nitrogens is 5. The molecule has 0 saturated heterocycles. The van der Waals surface area contributed by atoms with Crippen molar-refractivity contribution in [2.75, 3.05) is 14.2 Å². The van der Waals surface area contributed by atoms with Crippen molar-refractivity contribution in [2.45, 2.75) is 17.9 Å². The highest BCUT2D eigenvalue weighted by atomic mass is 32.2. The Morgan fingerprint density at radius 2 is 1.71 bits per heavy atom. The monoisotopic (exact) mass is 516 g/mol. The first-order valence-corrected chi connectivity index (χ1v) is 11.1. The minimum atomic E-state index is -4.37. The number of nitrogens with two attached hydrogens (primary N) is 1. The molecule has 11 nitrogen and oxygen atoms in total. The quantitative estimate of drug-likeness (QED) is 0.353. The molecule has 0 aliphatic heterocycles. The summed E-state index contributed by atoms with van der Waals surface area (Å²) in [6, 6.07) is 3.68. The molecule has 2 N–H and O–H groups in total. The molecule has 4 rings (SSSR count). The van der Waals surface area contributed by atoms with Crippen molar-refractivity contribution in [3.63, 3.8) is 0 Å². The zero-order chi connectivity index (χ0) is 25.5. The van der Waals surface area contributed by atoms with E-state index in [2.05, 4.69) is 19.8 Å². The van der Waals surface area contributed by atoms with Crippen LogP contribution in [-0.2, 0) is 10.0 Å². The summed E-state index contributed by atoms with van der Waals surface area (Å²) in [5.74, 6) is -1.98. The first-order valence-electron chi connectivity index (χ1n) is 9.51. The maximum absolute atomic E-state index is 14.0. The molecule has 1 aromatic carbocycles. The lowest BCUT2D eigenvalue weighted by Crippen LogP contribution is -2.12. The van der Waals surface area contributed by atoms with E-state index >= 15 is 0 Å². The fraction of sp³-hybridized carbons (Fsp3) is 0.211. The Hall–Kier alpha value is -3.92. The predicted octanol–water partition coefficient (Wildman–Crippen LogP) is 2.81. The average Bonchev–Trinajstić information content (AvgIpc) is 3.46. The van der Waals surface area contributed by atoms with Gasteiger partial charge >= 0.3 is 6.61 Å². The number of hydrogen-bond donors (Lipinski definition) is 1. The summed E-state index contributed by atoms with van der Waals surface area (Å²) >= 11 is 0. The second-order valence-corrected chi connectivity index (χ2v) is 8.34. The standard InChI is InChI=1S/C19H16F4N6O5S/c1-32-16-14(34-18(22)23)17(33-2)27-19(26-16)28-8-11(35(24,30)31)9-4-5-10(15(20)21)13(12(9)28)29-7-3-6-25-29/h3-8,15,18H,1-2H3,(H2,24,30,31). The normalized spacial score (nSPS) is 12.0. The first kappa shape index (κ1) is 24.2. The van der Waals surface area contributed by atoms with Crippen molar-refractivity contribution < 1.29 is 40.2 Å². The van der Waals surface area contributed by atoms with Crippen LogP contribution in [0.1, 0.15) is 12.0 Å². The van der Waals surface area contributed by atoms with Crippen LogP contribution in [0.25, 0.3) is 22.5 Å². The lowest BCUT2D eigenvalue weighted by atomic mass is 10.1. The average molecular weight is 516 g/mol. The third-order valence-corrected chi connectivity index (χ3v) is 5.75. The zero-order valence-corrected chi connectivity index (χ0v) is 18.7. The molecular formula is C19H16F4N6O5S. The van der Waals surface area contributed by atoms with Crippen LogP contribution >= 0.6 is 0 Å². The summed E-state index contributed by atoms with van der Waals surface area (Å²) < 4.78 is 95.0. The first-order chi connectivity index (χ1) is 16.6. The van der Waals surface area contributed by atoms with Crippen LogP contribution in [0.2, 0.25) is 0 Å². The van der Waals surface area contributed by atoms with Crippen molar-refractivity contribution in [1.82, 2.24) is 24.3 Å². The van der Waals surface area contributed by atoms with Gasteiger partial charge in [-0.05, 0) is 6.07 Å². The van der Waals surface area contributed by atoms with Gasteiger partial charge in [-0.2, -0.15) is 23.8 Å². The van der Waals surface area contributed by atoms with Crippen LogP contribution in [0.15, 0.2) is 41.7 Å². The Morgan fingerprint density at radius 3 is 2.20 bits per heavy atom. The van der Waals surface area contributed by atoms with E-state index in [0.29, 0.717) is 0 Å². The summed E-state index contributed by atoms with van der Waals surface area (Å²) in [5, 5.41) is 9.32. The fourth-order valence-electron chi connectivity index (χ4n) is 3.47. The van der Waals surface area contributed by atoms with E-state index in [1.807, 2.05) is 0 Å². The number of rotatable bonds is 8. The number of primary sulfonamides is 1. The van der Waals surface area contributed by atoms with Crippen LogP contribution in [0.4, 0.5) is 17.6 Å². The van der Waals surface area contributed by atoms with E-state index in [4.69, 9.17) is 14.6 Å². The van der Waals surface area contributed by atoms with Gasteiger partial charge in [0, 0.05) is 29.5 Å². The smallest absolute Gasteiger partial charge is 0.387 e. The van der Waals surface area contributed by atoms with Gasteiger partial charge in [-0.25, -0.2) is 27.0 Å². The fourth-order valence-corrected chi connectivity index (χ4v) is 4.19. The largest absolute Gasteiger partial charge is 0.478 e. The molecule has 16 heteroatoms. The molecule has 0 spiro atoms. The number of methoxy groups -OCH3 is 2. The van der Waals surface area contributed by atoms with Gasteiger partial charge in [0.1, 0.15) is 4.90 Å². The van der Waals surface area contributed by atoms with E-state index in [1.165, 1.54) is 18.5 Å². The van der Waals surface area contributed by atoms with Gasteiger partial charge in [0.15, 0.2) is 0 Å². The van der Waals surface area contributed by atoms with E-state index in [1.54, 1.807) is 0 Å². The Balaban J connectivity index is 2.15. The van der Waals surface area contributed by atoms with Gasteiger partial charge in [-0.1, -0.05) is 12.1 Å². The third-order valence-electron chi connectivity index (χ3n) is 4.81. The molecule has 0 aliphatic rings. The molecule has 0 saturated carbocycles. The second-order valence-electron chi connectivity index (χ2n) is 6.81. The van der Waals surface area contributed by atoms with Gasteiger partial charge in [0.25, 0.3) is 18.2 Å². The number of fused-ring (bicyclic) bond motifs is 1. The summed E-state index contributed by atoms with van der Waals surface area (Å²) in [7, 11) is -2.15. The number of halogens is 4. The van der Waals surface area contributed by atoms with Crippen molar-refractivity contribution in [1.29, 1.82) is 0 Å². The van der Waals surface area contributed by atoms with Crippen molar-refractivity contribution >= 4 is 20.9 Å². The van der Waals surface area contributed by atoms with E-state index < -0.39 is 51.0 Å². The summed E-state index contributed by atoms with van der Waals surface area (Å²) in [6.45, 7) is -3.27. The van der Waals surface area contributed by atoms with E-state index in [9.17, 15) is 26.0 Å². The van der Waals surface area contributed by atoms with Crippen molar-refractivity contribution in [3.05, 3.63) is 42.4 Å². The molecule has 3 aromatic heterocycles. The Bertz CT molecular complexity index is 1470. The summed E-state index contributed by atoms with van der Waals surface area (Å²) in [4.78, 5) is 7.57. The van der Waals surface area contributed by atoms with Crippen molar-refractivity contribution in [3.8, 4) is 29.1 Å². The number of alkyl halides is 4. The van der Waals surface area contributed by atoms with E-state index in [0.717, 1.165) is 41.8 Å². The minimum Gasteiger partial charge on any atom is -0.478 e.